The van der Waals surface area contributed by atoms with Crippen LogP contribution < -0.4 is 0 Å². The van der Waals surface area contributed by atoms with E-state index in [0.717, 1.165) is 36.1 Å². The third-order valence-corrected chi connectivity index (χ3v) is 8.65. The topological polar surface area (TPSA) is 0 Å². The lowest BCUT2D eigenvalue weighted by Crippen LogP contribution is -2.25. The first-order valence-electron chi connectivity index (χ1n) is 11.6. The summed E-state index contributed by atoms with van der Waals surface area (Å²) in [6.45, 7) is 0. The first-order chi connectivity index (χ1) is 13.1. The zero-order valence-electron chi connectivity index (χ0n) is 17.0. The molecule has 27 heavy (non-hydrogen) atoms. The summed E-state index contributed by atoms with van der Waals surface area (Å²) in [4.78, 5) is 0. The minimum Gasteiger partial charge on any atom is -0.207 e. The van der Waals surface area contributed by atoms with Crippen molar-refractivity contribution in [3.8, 4) is 0 Å². The molecular formula is C24H36BFS. The molecule has 3 aliphatic rings. The Balaban J connectivity index is 1.34. The maximum atomic E-state index is 14.9. The lowest BCUT2D eigenvalue weighted by atomic mass is 9.69. The van der Waals surface area contributed by atoms with E-state index in [1.807, 2.05) is 6.07 Å². The van der Waals surface area contributed by atoms with E-state index < -0.39 is 0 Å². The molecule has 0 atom stereocenters. The van der Waals surface area contributed by atoms with Gasteiger partial charge in [0.1, 0.15) is 13.7 Å². The summed E-state index contributed by atoms with van der Waals surface area (Å²) in [6.07, 6.45) is 15.4. The molecule has 3 saturated carbocycles. The molecule has 1 aromatic rings. The molecule has 0 nitrogen and oxygen atoms in total. The SMILES string of the molecule is BC1CCC(c2ccc(C3CCC(C4CCC(S)CC4)CC3)cc2F)CC1. The van der Waals surface area contributed by atoms with E-state index in [0.29, 0.717) is 17.1 Å². The third kappa shape index (κ3) is 4.77. The summed E-state index contributed by atoms with van der Waals surface area (Å²) < 4.78 is 14.9. The van der Waals surface area contributed by atoms with Gasteiger partial charge in [-0.3, -0.25) is 0 Å². The van der Waals surface area contributed by atoms with E-state index in [1.165, 1.54) is 69.8 Å². The van der Waals surface area contributed by atoms with Gasteiger partial charge in [0.25, 0.3) is 0 Å². The molecule has 0 unspecified atom stereocenters. The number of benzene rings is 1. The average Bonchev–Trinajstić information content (AvgIpc) is 2.69. The van der Waals surface area contributed by atoms with Crippen LogP contribution in [0.1, 0.15) is 100 Å². The van der Waals surface area contributed by atoms with E-state index in [-0.39, 0.29) is 5.82 Å². The molecule has 0 aromatic heterocycles. The Morgan fingerprint density at radius 1 is 0.741 bits per heavy atom. The second kappa shape index (κ2) is 8.93. The Morgan fingerprint density at radius 2 is 1.30 bits per heavy atom. The van der Waals surface area contributed by atoms with Crippen LogP contribution in [0.25, 0.3) is 0 Å². The summed E-state index contributed by atoms with van der Waals surface area (Å²) in [5.74, 6) is 3.77. The van der Waals surface area contributed by atoms with Gasteiger partial charge in [-0.15, -0.1) is 0 Å². The van der Waals surface area contributed by atoms with Gasteiger partial charge in [0.2, 0.25) is 0 Å². The van der Waals surface area contributed by atoms with E-state index in [9.17, 15) is 4.39 Å². The Hall–Kier alpha value is -0.435. The second-order valence-corrected chi connectivity index (χ2v) is 10.6. The third-order valence-electron chi connectivity index (χ3n) is 8.13. The molecule has 0 radical (unpaired) electrons. The molecule has 3 heteroatoms. The van der Waals surface area contributed by atoms with Crippen molar-refractivity contribution in [1.29, 1.82) is 0 Å². The largest absolute Gasteiger partial charge is 0.207 e. The molecule has 1 aromatic carbocycles. The van der Waals surface area contributed by atoms with E-state index >= 15 is 0 Å². The van der Waals surface area contributed by atoms with Crippen LogP contribution in [0.15, 0.2) is 18.2 Å². The van der Waals surface area contributed by atoms with Crippen molar-refractivity contribution in [2.24, 2.45) is 11.8 Å². The van der Waals surface area contributed by atoms with E-state index in [2.05, 4.69) is 32.6 Å². The second-order valence-electron chi connectivity index (χ2n) is 9.92. The van der Waals surface area contributed by atoms with Gasteiger partial charge >= 0.3 is 0 Å². The van der Waals surface area contributed by atoms with Crippen molar-refractivity contribution in [3.63, 3.8) is 0 Å². The molecule has 148 valence electrons. The lowest BCUT2D eigenvalue weighted by Gasteiger charge is -2.37. The maximum Gasteiger partial charge on any atom is 0.126 e. The highest BCUT2D eigenvalue weighted by atomic mass is 32.1. The van der Waals surface area contributed by atoms with Crippen LogP contribution in [0.3, 0.4) is 0 Å². The van der Waals surface area contributed by atoms with E-state index in [1.54, 1.807) is 0 Å². The molecule has 0 bridgehead atoms. The van der Waals surface area contributed by atoms with Gasteiger partial charge in [0.05, 0.1) is 0 Å². The van der Waals surface area contributed by atoms with Gasteiger partial charge in [0, 0.05) is 5.25 Å². The minimum atomic E-state index is 0.0706. The Morgan fingerprint density at radius 3 is 1.89 bits per heavy atom. The molecule has 0 aliphatic heterocycles. The molecule has 0 amide bonds. The summed E-state index contributed by atoms with van der Waals surface area (Å²) in [7, 11) is 2.33. The Kier molecular flexibility index (Phi) is 6.57. The molecule has 0 spiro atoms. The fourth-order valence-electron chi connectivity index (χ4n) is 6.20. The summed E-state index contributed by atoms with van der Waals surface area (Å²) in [6, 6.07) is 6.28. The predicted octanol–water partition coefficient (Wildman–Crippen LogP) is 6.67. The first-order valence-corrected chi connectivity index (χ1v) is 12.1. The maximum absolute atomic E-state index is 14.9. The minimum absolute atomic E-state index is 0.0706. The summed E-state index contributed by atoms with van der Waals surface area (Å²) >= 11 is 4.65. The first kappa shape index (κ1) is 19.9. The van der Waals surface area contributed by atoms with Crippen molar-refractivity contribution in [3.05, 3.63) is 35.1 Å². The van der Waals surface area contributed by atoms with Gasteiger partial charge in [0.15, 0.2) is 0 Å². The van der Waals surface area contributed by atoms with Gasteiger partial charge in [-0.2, -0.15) is 12.6 Å². The number of hydrogen-bond donors (Lipinski definition) is 1. The van der Waals surface area contributed by atoms with Crippen LogP contribution in [0.4, 0.5) is 4.39 Å². The molecule has 0 heterocycles. The number of halogens is 1. The van der Waals surface area contributed by atoms with Crippen molar-refractivity contribution in [2.75, 3.05) is 0 Å². The van der Waals surface area contributed by atoms with Gasteiger partial charge in [-0.1, -0.05) is 30.8 Å². The van der Waals surface area contributed by atoms with Crippen molar-refractivity contribution >= 4 is 20.5 Å². The average molecular weight is 386 g/mol. The molecule has 4 rings (SSSR count). The number of thiol groups is 1. The lowest BCUT2D eigenvalue weighted by molar-refractivity contribution is 0.188. The van der Waals surface area contributed by atoms with Crippen LogP contribution in [-0.2, 0) is 0 Å². The standard InChI is InChI=1S/C24H36BFS/c25-21-10-5-19(6-11-21)23-14-9-20(15-24(23)26)18-3-1-16(2-4-18)17-7-12-22(27)13-8-17/h9,14-19,21-22,27H,1-8,10-13,25H2. The normalized spacial score (nSPS) is 37.9. The monoisotopic (exact) mass is 386 g/mol. The van der Waals surface area contributed by atoms with Crippen molar-refractivity contribution < 1.29 is 4.39 Å². The highest BCUT2D eigenvalue weighted by molar-refractivity contribution is 7.80. The zero-order valence-corrected chi connectivity index (χ0v) is 17.9. The molecule has 3 aliphatic carbocycles. The van der Waals surface area contributed by atoms with Crippen molar-refractivity contribution in [2.45, 2.75) is 100.0 Å². The summed E-state index contributed by atoms with van der Waals surface area (Å²) in [5.41, 5.74) is 2.25. The predicted molar refractivity (Wildman–Crippen MR) is 119 cm³/mol. The fraction of sp³-hybridized carbons (Fsp3) is 0.750. The fourth-order valence-corrected chi connectivity index (χ4v) is 6.49. The number of hydrogen-bond acceptors (Lipinski definition) is 1. The van der Waals surface area contributed by atoms with Gasteiger partial charge in [-0.05, 0) is 105 Å². The molecular weight excluding hydrogens is 350 g/mol. The van der Waals surface area contributed by atoms with Crippen LogP contribution in [0.5, 0.6) is 0 Å². The van der Waals surface area contributed by atoms with Gasteiger partial charge in [-0.25, -0.2) is 4.39 Å². The number of rotatable bonds is 3. The zero-order chi connectivity index (χ0) is 18.8. The highest BCUT2D eigenvalue weighted by Crippen LogP contribution is 2.44. The van der Waals surface area contributed by atoms with Crippen LogP contribution in [0, 0.1) is 17.7 Å². The van der Waals surface area contributed by atoms with Crippen LogP contribution in [0.2, 0.25) is 5.82 Å². The Labute approximate surface area is 171 Å². The van der Waals surface area contributed by atoms with Gasteiger partial charge < -0.3 is 0 Å². The smallest absolute Gasteiger partial charge is 0.126 e. The molecule has 0 N–H and O–H groups in total. The summed E-state index contributed by atoms with van der Waals surface area (Å²) in [5, 5.41) is 0.645. The molecule has 3 fully saturated rings. The Bertz CT molecular complexity index is 609. The van der Waals surface area contributed by atoms with E-state index in [4.69, 9.17) is 0 Å². The molecule has 0 saturated heterocycles. The quantitative estimate of drug-likeness (QED) is 0.435. The van der Waals surface area contributed by atoms with Crippen molar-refractivity contribution in [1.82, 2.24) is 0 Å². The highest BCUT2D eigenvalue weighted by Gasteiger charge is 2.31. The van der Waals surface area contributed by atoms with Crippen LogP contribution in [-0.4, -0.2) is 13.1 Å². The van der Waals surface area contributed by atoms with Crippen LogP contribution >= 0.6 is 12.6 Å².